The first-order valence-corrected chi connectivity index (χ1v) is 17.4. The summed E-state index contributed by atoms with van der Waals surface area (Å²) in [6, 6.07) is 1.23. The van der Waals surface area contributed by atoms with E-state index in [2.05, 4.69) is 40.7 Å². The molecule has 37 heavy (non-hydrogen) atoms. The van der Waals surface area contributed by atoms with Crippen LogP contribution in [-0.4, -0.2) is 78.2 Å². The zero-order valence-electron chi connectivity index (χ0n) is 23.5. The van der Waals surface area contributed by atoms with E-state index in [-0.39, 0.29) is 12.1 Å². The highest BCUT2D eigenvalue weighted by Gasteiger charge is 2.29. The molecule has 1 atom stereocenters. The highest BCUT2D eigenvalue weighted by Crippen LogP contribution is 2.36. The van der Waals surface area contributed by atoms with Crippen LogP contribution in [0.1, 0.15) is 57.9 Å². The van der Waals surface area contributed by atoms with E-state index in [0.29, 0.717) is 25.7 Å². The number of piperidine rings is 1. The molecule has 4 rings (SSSR count). The largest absolute Gasteiger partial charge is 0.444 e. The zero-order valence-corrected chi connectivity index (χ0v) is 24.5. The Labute approximate surface area is 222 Å². The molecule has 0 spiro atoms. The second-order valence-electron chi connectivity index (χ2n) is 12.6. The molecule has 2 fully saturated rings. The van der Waals surface area contributed by atoms with Gasteiger partial charge in [0.2, 0.25) is 0 Å². The number of fused-ring (bicyclic) bond motifs is 1. The number of nitrogens with one attached hydrogen (secondary N) is 1. The number of amides is 1. The summed E-state index contributed by atoms with van der Waals surface area (Å²) in [4.78, 5) is 23.9. The van der Waals surface area contributed by atoms with Gasteiger partial charge in [-0.2, -0.15) is 0 Å². The lowest BCUT2D eigenvalue weighted by molar-refractivity contribution is 0.0206. The molecule has 2 aliphatic heterocycles. The van der Waals surface area contributed by atoms with Crippen LogP contribution < -0.4 is 5.32 Å². The number of rotatable bonds is 8. The van der Waals surface area contributed by atoms with Crippen LogP contribution in [0.15, 0.2) is 12.5 Å². The Morgan fingerprint density at radius 3 is 2.65 bits per heavy atom. The number of aromatic nitrogens is 3. The summed E-state index contributed by atoms with van der Waals surface area (Å²) in [6.45, 7) is 16.9. The maximum atomic E-state index is 12.7. The molecule has 0 aliphatic carbocycles. The van der Waals surface area contributed by atoms with Gasteiger partial charge in [0.25, 0.3) is 0 Å². The van der Waals surface area contributed by atoms with Crippen molar-refractivity contribution >= 4 is 31.0 Å². The molecule has 4 heterocycles. The molecule has 0 radical (unpaired) electrons. The lowest BCUT2D eigenvalue weighted by atomic mass is 9.92. The number of ether oxygens (including phenoxy) is 3. The predicted molar refractivity (Wildman–Crippen MR) is 149 cm³/mol. The number of anilines is 1. The minimum Gasteiger partial charge on any atom is -0.444 e. The summed E-state index contributed by atoms with van der Waals surface area (Å²) in [6.07, 6.45) is 7.45. The molecular formula is C27H45N5O4Si. The number of hydrogen-bond donors (Lipinski definition) is 1. The molecule has 2 aromatic heterocycles. The normalized spacial score (nSPS) is 19.8. The summed E-state index contributed by atoms with van der Waals surface area (Å²) < 4.78 is 19.5. The molecule has 9 nitrogen and oxygen atoms in total. The van der Waals surface area contributed by atoms with Crippen LogP contribution in [-0.2, 0) is 20.9 Å². The van der Waals surface area contributed by atoms with Crippen LogP contribution in [0.5, 0.6) is 0 Å². The summed E-state index contributed by atoms with van der Waals surface area (Å²) in [5, 5.41) is 4.74. The highest BCUT2D eigenvalue weighted by atomic mass is 28.3. The van der Waals surface area contributed by atoms with Gasteiger partial charge < -0.3 is 29.0 Å². The monoisotopic (exact) mass is 531 g/mol. The van der Waals surface area contributed by atoms with E-state index < -0.39 is 13.7 Å². The van der Waals surface area contributed by atoms with Gasteiger partial charge in [0.05, 0.1) is 5.39 Å². The van der Waals surface area contributed by atoms with E-state index in [1.807, 2.05) is 25.7 Å². The quantitative estimate of drug-likeness (QED) is 0.358. The van der Waals surface area contributed by atoms with E-state index in [1.165, 1.54) is 5.56 Å². The Bertz CT molecular complexity index is 1060. The SMILES string of the molecule is CC(C)(C)OC(=O)N1CCC[C@@H](Nc2ncnc3c2c(C2CCOCC2)cn3COCC[Si](C)(C)C)C1. The van der Waals surface area contributed by atoms with Crippen molar-refractivity contribution in [3.05, 3.63) is 18.1 Å². The van der Waals surface area contributed by atoms with Crippen LogP contribution in [0.4, 0.5) is 10.6 Å². The lowest BCUT2D eigenvalue weighted by Gasteiger charge is -2.34. The van der Waals surface area contributed by atoms with Gasteiger partial charge in [-0.3, -0.25) is 0 Å². The average molecular weight is 532 g/mol. The van der Waals surface area contributed by atoms with Gasteiger partial charge in [-0.15, -0.1) is 0 Å². The first-order valence-electron chi connectivity index (χ1n) is 13.7. The van der Waals surface area contributed by atoms with Crippen molar-refractivity contribution in [1.29, 1.82) is 0 Å². The molecule has 1 N–H and O–H groups in total. The second kappa shape index (κ2) is 11.7. The van der Waals surface area contributed by atoms with Gasteiger partial charge in [0.15, 0.2) is 0 Å². The topological polar surface area (TPSA) is 90.7 Å². The third kappa shape index (κ3) is 7.67. The third-order valence-corrected chi connectivity index (χ3v) is 8.69. The van der Waals surface area contributed by atoms with Crippen LogP contribution in [0.3, 0.4) is 0 Å². The molecule has 206 valence electrons. The van der Waals surface area contributed by atoms with Crippen molar-refractivity contribution in [2.45, 2.75) is 96.4 Å². The van der Waals surface area contributed by atoms with Crippen LogP contribution in [0.25, 0.3) is 11.0 Å². The second-order valence-corrected chi connectivity index (χ2v) is 18.2. The first-order chi connectivity index (χ1) is 17.5. The number of likely N-dealkylation sites (tertiary alicyclic amines) is 1. The molecule has 2 saturated heterocycles. The van der Waals surface area contributed by atoms with E-state index in [9.17, 15) is 4.79 Å². The molecule has 2 aliphatic rings. The van der Waals surface area contributed by atoms with Crippen molar-refractivity contribution in [1.82, 2.24) is 19.4 Å². The first kappa shape index (κ1) is 27.9. The number of carbonyl (C=O) groups is 1. The van der Waals surface area contributed by atoms with Gasteiger partial charge in [-0.05, 0) is 64.0 Å². The van der Waals surface area contributed by atoms with Gasteiger partial charge in [-0.25, -0.2) is 14.8 Å². The third-order valence-electron chi connectivity index (χ3n) is 6.98. The van der Waals surface area contributed by atoms with Crippen LogP contribution in [0, 0.1) is 0 Å². The van der Waals surface area contributed by atoms with Crippen molar-refractivity contribution in [2.75, 3.05) is 38.2 Å². The highest BCUT2D eigenvalue weighted by molar-refractivity contribution is 6.76. The standard InChI is InChI=1S/C27H45N5O4Si/c1-27(2,3)36-26(33)31-11-7-8-21(16-31)30-24-23-22(20-9-12-34-13-10-20)17-32(25(23)29-18-28-24)19-35-14-15-37(4,5)6/h17-18,20-21H,7-16,19H2,1-6H3,(H,28,29,30)/t21-/m1/s1. The molecule has 2 aromatic rings. The zero-order chi connectivity index (χ0) is 26.6. The Hall–Kier alpha value is -2.17. The van der Waals surface area contributed by atoms with E-state index in [4.69, 9.17) is 19.2 Å². The summed E-state index contributed by atoms with van der Waals surface area (Å²) in [7, 11) is -1.15. The lowest BCUT2D eigenvalue weighted by Crippen LogP contribution is -2.47. The summed E-state index contributed by atoms with van der Waals surface area (Å²) in [5.41, 5.74) is 1.65. The minimum absolute atomic E-state index is 0.0956. The number of carbonyl (C=O) groups excluding carboxylic acids is 1. The van der Waals surface area contributed by atoms with Gasteiger partial charge in [0.1, 0.15) is 30.1 Å². The minimum atomic E-state index is -1.15. The fourth-order valence-electron chi connectivity index (χ4n) is 5.00. The average Bonchev–Trinajstić information content (AvgIpc) is 3.21. The van der Waals surface area contributed by atoms with E-state index in [0.717, 1.165) is 68.4 Å². The number of nitrogens with zero attached hydrogens (tertiary/aromatic N) is 4. The Morgan fingerprint density at radius 2 is 1.95 bits per heavy atom. The summed E-state index contributed by atoms with van der Waals surface area (Å²) in [5.74, 6) is 1.24. The van der Waals surface area contributed by atoms with Crippen molar-refractivity contribution in [3.63, 3.8) is 0 Å². The maximum absolute atomic E-state index is 12.7. The van der Waals surface area contributed by atoms with E-state index >= 15 is 0 Å². The smallest absolute Gasteiger partial charge is 0.410 e. The van der Waals surface area contributed by atoms with Crippen LogP contribution in [0.2, 0.25) is 25.7 Å². The molecule has 1 amide bonds. The predicted octanol–water partition coefficient (Wildman–Crippen LogP) is 5.45. The van der Waals surface area contributed by atoms with E-state index in [1.54, 1.807) is 6.33 Å². The maximum Gasteiger partial charge on any atom is 0.410 e. The fraction of sp³-hybridized carbons (Fsp3) is 0.741. The van der Waals surface area contributed by atoms with Crippen molar-refractivity contribution in [2.24, 2.45) is 0 Å². The molecular weight excluding hydrogens is 486 g/mol. The molecule has 10 heteroatoms. The fourth-order valence-corrected chi connectivity index (χ4v) is 5.76. The van der Waals surface area contributed by atoms with Gasteiger partial charge >= 0.3 is 6.09 Å². The van der Waals surface area contributed by atoms with Gasteiger partial charge in [-0.1, -0.05) is 19.6 Å². The molecule has 0 saturated carbocycles. The van der Waals surface area contributed by atoms with Gasteiger partial charge in [0, 0.05) is 53.2 Å². The van der Waals surface area contributed by atoms with Crippen LogP contribution >= 0.6 is 0 Å². The molecule has 0 aromatic carbocycles. The van der Waals surface area contributed by atoms with Crippen molar-refractivity contribution < 1.29 is 19.0 Å². The molecule has 0 unspecified atom stereocenters. The summed E-state index contributed by atoms with van der Waals surface area (Å²) >= 11 is 0. The number of hydrogen-bond acceptors (Lipinski definition) is 7. The Kier molecular flexibility index (Phi) is 8.80. The Balaban J connectivity index is 1.55. The Morgan fingerprint density at radius 1 is 1.19 bits per heavy atom. The molecule has 0 bridgehead atoms. The van der Waals surface area contributed by atoms with Crippen molar-refractivity contribution in [3.8, 4) is 0 Å².